The average Bonchev–Trinajstić information content (AvgIpc) is 2.37. The predicted octanol–water partition coefficient (Wildman–Crippen LogP) is 1.87. The Balaban J connectivity index is 0.000000265. The van der Waals surface area contributed by atoms with E-state index >= 15 is 0 Å². The normalized spacial score (nSPS) is 13.5. The number of aryl methyl sites for hydroxylation is 1. The minimum atomic E-state index is -0.171. The number of hydrogen-bond donors (Lipinski definition) is 2. The highest BCUT2D eigenvalue weighted by Gasteiger charge is 2.02. The lowest BCUT2D eigenvalue weighted by Crippen LogP contribution is -2.44. The molecule has 96 valence electrons. The van der Waals surface area contributed by atoms with Gasteiger partial charge in [0, 0.05) is 13.1 Å². The molecule has 0 atom stereocenters. The third kappa shape index (κ3) is 8.39. The highest BCUT2D eigenvalue weighted by Crippen LogP contribution is 1.98. The second-order valence-corrected chi connectivity index (χ2v) is 3.32. The van der Waals surface area contributed by atoms with Crippen LogP contribution in [0.4, 0.5) is 4.39 Å². The first-order valence-electron chi connectivity index (χ1n) is 5.88. The summed E-state index contributed by atoms with van der Waals surface area (Å²) in [6.07, 6.45) is 0. The van der Waals surface area contributed by atoms with Crippen molar-refractivity contribution in [3.05, 3.63) is 35.6 Å². The standard InChI is InChI=1S/C7H7F.C4H8N2O.C2H6/c1-6-2-4-7(8)5-3-6;7-4-3-5-1-2-6-4;1-2/h2-5H,1H3;5H,1-3H2,(H,6,7);1-2H3. The van der Waals surface area contributed by atoms with Crippen molar-refractivity contribution in [1.82, 2.24) is 10.6 Å². The summed E-state index contributed by atoms with van der Waals surface area (Å²) >= 11 is 0. The molecule has 4 heteroatoms. The molecule has 3 nitrogen and oxygen atoms in total. The minimum absolute atomic E-state index is 0.103. The highest BCUT2D eigenvalue weighted by atomic mass is 19.1. The zero-order chi connectivity index (χ0) is 13.1. The number of amides is 1. The van der Waals surface area contributed by atoms with Gasteiger partial charge in [0.25, 0.3) is 0 Å². The number of carbonyl (C=O) groups excluding carboxylic acids is 1. The quantitative estimate of drug-likeness (QED) is 0.727. The molecule has 0 radical (unpaired) electrons. The van der Waals surface area contributed by atoms with Crippen molar-refractivity contribution >= 4 is 5.91 Å². The van der Waals surface area contributed by atoms with Gasteiger partial charge < -0.3 is 10.6 Å². The van der Waals surface area contributed by atoms with Crippen molar-refractivity contribution in [3.63, 3.8) is 0 Å². The highest BCUT2D eigenvalue weighted by molar-refractivity contribution is 5.78. The van der Waals surface area contributed by atoms with Gasteiger partial charge in [-0.25, -0.2) is 4.39 Å². The van der Waals surface area contributed by atoms with E-state index in [4.69, 9.17) is 0 Å². The molecule has 1 aromatic carbocycles. The van der Waals surface area contributed by atoms with E-state index in [1.807, 2.05) is 20.8 Å². The van der Waals surface area contributed by atoms with Gasteiger partial charge in [-0.15, -0.1) is 0 Å². The van der Waals surface area contributed by atoms with E-state index in [1.54, 1.807) is 12.1 Å². The van der Waals surface area contributed by atoms with Crippen molar-refractivity contribution in [2.45, 2.75) is 20.8 Å². The Morgan fingerprint density at radius 3 is 2.00 bits per heavy atom. The smallest absolute Gasteiger partial charge is 0.234 e. The summed E-state index contributed by atoms with van der Waals surface area (Å²) in [4.78, 5) is 10.3. The fraction of sp³-hybridized carbons (Fsp3) is 0.462. The first kappa shape index (κ1) is 15.6. The lowest BCUT2D eigenvalue weighted by Gasteiger charge is -2.11. The van der Waals surface area contributed by atoms with E-state index in [1.165, 1.54) is 12.1 Å². The van der Waals surface area contributed by atoms with E-state index in [2.05, 4.69) is 10.6 Å². The average molecular weight is 240 g/mol. The fourth-order valence-electron chi connectivity index (χ4n) is 1.09. The molecule has 0 aromatic heterocycles. The van der Waals surface area contributed by atoms with Crippen LogP contribution < -0.4 is 10.6 Å². The second-order valence-electron chi connectivity index (χ2n) is 3.32. The van der Waals surface area contributed by atoms with Gasteiger partial charge in [-0.1, -0.05) is 31.5 Å². The maximum absolute atomic E-state index is 12.1. The largest absolute Gasteiger partial charge is 0.354 e. The Bertz CT molecular complexity index is 283. The molecule has 0 bridgehead atoms. The Kier molecular flexibility index (Phi) is 8.96. The van der Waals surface area contributed by atoms with Crippen LogP contribution in [0.25, 0.3) is 0 Å². The molecule has 1 aliphatic rings. The summed E-state index contributed by atoms with van der Waals surface area (Å²) < 4.78 is 12.1. The fourth-order valence-corrected chi connectivity index (χ4v) is 1.09. The van der Waals surface area contributed by atoms with Crippen molar-refractivity contribution < 1.29 is 9.18 Å². The number of carbonyl (C=O) groups is 1. The molecule has 1 amide bonds. The number of halogens is 1. The molecular formula is C13H21FN2O. The van der Waals surface area contributed by atoms with Crippen LogP contribution in [0.15, 0.2) is 24.3 Å². The summed E-state index contributed by atoms with van der Waals surface area (Å²) in [5.74, 6) is -0.0677. The summed E-state index contributed by atoms with van der Waals surface area (Å²) in [5.41, 5.74) is 1.09. The molecule has 17 heavy (non-hydrogen) atoms. The molecule has 2 N–H and O–H groups in total. The van der Waals surface area contributed by atoms with Crippen LogP contribution in [0.2, 0.25) is 0 Å². The molecule has 1 aliphatic heterocycles. The molecule has 1 heterocycles. The minimum Gasteiger partial charge on any atom is -0.354 e. The summed E-state index contributed by atoms with van der Waals surface area (Å²) in [6.45, 7) is 8.10. The third-order valence-corrected chi connectivity index (χ3v) is 1.92. The van der Waals surface area contributed by atoms with Crippen molar-refractivity contribution in [1.29, 1.82) is 0 Å². The topological polar surface area (TPSA) is 41.1 Å². The van der Waals surface area contributed by atoms with Crippen LogP contribution in [0.5, 0.6) is 0 Å². The SMILES string of the molecule is CC.Cc1ccc(F)cc1.O=C1CNCCN1. The van der Waals surface area contributed by atoms with Crippen LogP contribution in [0, 0.1) is 12.7 Å². The van der Waals surface area contributed by atoms with Gasteiger partial charge in [0.15, 0.2) is 0 Å². The Labute approximate surface area is 102 Å². The van der Waals surface area contributed by atoms with Crippen molar-refractivity contribution in [3.8, 4) is 0 Å². The van der Waals surface area contributed by atoms with Gasteiger partial charge in [0.1, 0.15) is 5.82 Å². The zero-order valence-corrected chi connectivity index (χ0v) is 10.7. The molecule has 0 unspecified atom stereocenters. The number of rotatable bonds is 0. The molecule has 0 aliphatic carbocycles. The Morgan fingerprint density at radius 1 is 1.12 bits per heavy atom. The van der Waals surface area contributed by atoms with Gasteiger partial charge in [-0.05, 0) is 19.1 Å². The molecule has 0 spiro atoms. The van der Waals surface area contributed by atoms with Crippen LogP contribution in [-0.2, 0) is 4.79 Å². The Morgan fingerprint density at radius 2 is 1.71 bits per heavy atom. The summed E-state index contributed by atoms with van der Waals surface area (Å²) in [7, 11) is 0. The van der Waals surface area contributed by atoms with Crippen molar-refractivity contribution in [2.75, 3.05) is 19.6 Å². The second kappa shape index (κ2) is 9.78. The predicted molar refractivity (Wildman–Crippen MR) is 68.4 cm³/mol. The lowest BCUT2D eigenvalue weighted by atomic mass is 10.2. The van der Waals surface area contributed by atoms with E-state index in [0.29, 0.717) is 6.54 Å². The first-order chi connectivity index (χ1) is 8.18. The molecular weight excluding hydrogens is 219 g/mol. The van der Waals surface area contributed by atoms with Gasteiger partial charge >= 0.3 is 0 Å². The number of piperazine rings is 1. The number of hydrogen-bond acceptors (Lipinski definition) is 2. The number of benzene rings is 1. The monoisotopic (exact) mass is 240 g/mol. The molecule has 0 saturated carbocycles. The lowest BCUT2D eigenvalue weighted by molar-refractivity contribution is -0.121. The summed E-state index contributed by atoms with van der Waals surface area (Å²) in [5, 5.41) is 5.60. The Hall–Kier alpha value is -1.42. The zero-order valence-electron chi connectivity index (χ0n) is 10.7. The van der Waals surface area contributed by atoms with E-state index < -0.39 is 0 Å². The van der Waals surface area contributed by atoms with Crippen LogP contribution in [-0.4, -0.2) is 25.5 Å². The van der Waals surface area contributed by atoms with Gasteiger partial charge in [-0.2, -0.15) is 0 Å². The first-order valence-corrected chi connectivity index (χ1v) is 5.88. The molecule has 1 saturated heterocycles. The van der Waals surface area contributed by atoms with Crippen LogP contribution >= 0.6 is 0 Å². The van der Waals surface area contributed by atoms with Crippen LogP contribution in [0.1, 0.15) is 19.4 Å². The number of nitrogens with one attached hydrogen (secondary N) is 2. The maximum Gasteiger partial charge on any atom is 0.234 e. The van der Waals surface area contributed by atoms with Crippen molar-refractivity contribution in [2.24, 2.45) is 0 Å². The maximum atomic E-state index is 12.1. The van der Waals surface area contributed by atoms with Gasteiger partial charge in [0.05, 0.1) is 6.54 Å². The van der Waals surface area contributed by atoms with E-state index in [0.717, 1.165) is 18.7 Å². The van der Waals surface area contributed by atoms with Crippen LogP contribution in [0.3, 0.4) is 0 Å². The van der Waals surface area contributed by atoms with E-state index in [-0.39, 0.29) is 11.7 Å². The summed E-state index contributed by atoms with van der Waals surface area (Å²) in [6, 6.07) is 6.40. The van der Waals surface area contributed by atoms with E-state index in [9.17, 15) is 9.18 Å². The third-order valence-electron chi connectivity index (χ3n) is 1.92. The molecule has 1 aromatic rings. The molecule has 2 rings (SSSR count). The molecule has 1 fully saturated rings. The van der Waals surface area contributed by atoms with Gasteiger partial charge in [-0.3, -0.25) is 4.79 Å². The van der Waals surface area contributed by atoms with Gasteiger partial charge in [0.2, 0.25) is 5.91 Å².